The zero-order valence-electron chi connectivity index (χ0n) is 20.0. The van der Waals surface area contributed by atoms with Crippen molar-refractivity contribution in [2.24, 2.45) is 7.05 Å². The van der Waals surface area contributed by atoms with E-state index in [2.05, 4.69) is 28.0 Å². The number of pyridine rings is 1. The number of benzene rings is 1. The fraction of sp³-hybridized carbons (Fsp3) is 0.400. The van der Waals surface area contributed by atoms with Crippen molar-refractivity contribution in [3.63, 3.8) is 0 Å². The van der Waals surface area contributed by atoms with Gasteiger partial charge in [0.1, 0.15) is 5.82 Å². The molecule has 1 aromatic carbocycles. The van der Waals surface area contributed by atoms with Crippen LogP contribution in [0.3, 0.4) is 0 Å². The van der Waals surface area contributed by atoms with Crippen LogP contribution in [-0.4, -0.2) is 52.3 Å². The van der Waals surface area contributed by atoms with Gasteiger partial charge in [-0.15, -0.1) is 0 Å². The number of nitrogen functional groups attached to an aromatic ring is 1. The maximum atomic E-state index is 13.0. The Morgan fingerprint density at radius 3 is 2.67 bits per heavy atom. The molecule has 1 amide bonds. The highest BCUT2D eigenvalue weighted by atomic mass is 16.5. The van der Waals surface area contributed by atoms with Crippen molar-refractivity contribution < 1.29 is 9.53 Å². The summed E-state index contributed by atoms with van der Waals surface area (Å²) in [5.41, 5.74) is 11.4. The third-order valence-corrected chi connectivity index (χ3v) is 6.34. The van der Waals surface area contributed by atoms with Crippen LogP contribution in [0.5, 0.6) is 5.88 Å². The number of hydrogen-bond acceptors (Lipinski definition) is 6. The molecule has 0 saturated carbocycles. The van der Waals surface area contributed by atoms with Gasteiger partial charge in [-0.25, -0.2) is 9.67 Å². The molecule has 8 nitrogen and oxygen atoms in total. The summed E-state index contributed by atoms with van der Waals surface area (Å²) >= 11 is 0. The molecule has 0 aliphatic carbocycles. The standard InChI is InChI=1S/C25H32N6O2/c1-16-8-10-18(11-9-16)24(32)29(3)15-20-22(25(33-5)30(4)28-20)19-13-21(23(26)27-14-19)31-12-6-7-17(31)2/h8-11,13-14,17H,6-7,12,15H2,1-5H3,(H2,26,27)/t17-/m0/s1. The van der Waals surface area contributed by atoms with Crippen molar-refractivity contribution in [2.45, 2.75) is 39.3 Å². The summed E-state index contributed by atoms with van der Waals surface area (Å²) in [6.07, 6.45) is 4.03. The Bertz CT molecular complexity index is 1150. The molecule has 1 fully saturated rings. The molecule has 0 radical (unpaired) electrons. The van der Waals surface area contributed by atoms with Crippen LogP contribution in [0.25, 0.3) is 11.1 Å². The minimum absolute atomic E-state index is 0.0624. The largest absolute Gasteiger partial charge is 0.481 e. The lowest BCUT2D eigenvalue weighted by Crippen LogP contribution is -2.27. The van der Waals surface area contributed by atoms with Gasteiger partial charge in [0.25, 0.3) is 5.91 Å². The number of methoxy groups -OCH3 is 1. The van der Waals surface area contributed by atoms with E-state index in [1.54, 1.807) is 29.9 Å². The highest BCUT2D eigenvalue weighted by Crippen LogP contribution is 2.38. The summed E-state index contributed by atoms with van der Waals surface area (Å²) in [6.45, 7) is 5.50. The summed E-state index contributed by atoms with van der Waals surface area (Å²) in [7, 11) is 5.24. The first-order valence-electron chi connectivity index (χ1n) is 11.2. The summed E-state index contributed by atoms with van der Waals surface area (Å²) in [5.74, 6) is 1.07. The molecule has 0 unspecified atom stereocenters. The van der Waals surface area contributed by atoms with E-state index in [1.807, 2.05) is 38.2 Å². The Morgan fingerprint density at radius 2 is 2.03 bits per heavy atom. The fourth-order valence-electron chi connectivity index (χ4n) is 4.53. The van der Waals surface area contributed by atoms with E-state index in [4.69, 9.17) is 10.5 Å². The van der Waals surface area contributed by atoms with Crippen molar-refractivity contribution in [1.29, 1.82) is 0 Å². The zero-order valence-corrected chi connectivity index (χ0v) is 20.0. The average Bonchev–Trinajstić information content (AvgIpc) is 3.36. The number of aryl methyl sites for hydroxylation is 2. The van der Waals surface area contributed by atoms with E-state index < -0.39 is 0 Å². The number of nitrogens with two attached hydrogens (primary N) is 1. The first kappa shape index (κ1) is 22.6. The van der Waals surface area contributed by atoms with Crippen LogP contribution in [0.15, 0.2) is 36.5 Å². The number of carbonyl (C=O) groups is 1. The molecule has 8 heteroatoms. The number of nitrogens with zero attached hydrogens (tertiary/aromatic N) is 5. The molecular weight excluding hydrogens is 416 g/mol. The third kappa shape index (κ3) is 4.37. The molecule has 2 aromatic heterocycles. The number of anilines is 2. The molecule has 4 rings (SSSR count). The van der Waals surface area contributed by atoms with Crippen molar-refractivity contribution in [1.82, 2.24) is 19.7 Å². The lowest BCUT2D eigenvalue weighted by Gasteiger charge is -2.25. The molecule has 33 heavy (non-hydrogen) atoms. The summed E-state index contributed by atoms with van der Waals surface area (Å²) in [5, 5.41) is 4.68. The molecule has 3 aromatic rings. The van der Waals surface area contributed by atoms with Crippen LogP contribution in [-0.2, 0) is 13.6 Å². The monoisotopic (exact) mass is 448 g/mol. The van der Waals surface area contributed by atoms with E-state index in [9.17, 15) is 4.79 Å². The van der Waals surface area contributed by atoms with Crippen molar-refractivity contribution in [2.75, 3.05) is 31.3 Å². The van der Waals surface area contributed by atoms with Gasteiger partial charge in [0.15, 0.2) is 0 Å². The molecule has 1 aliphatic rings. The van der Waals surface area contributed by atoms with Gasteiger partial charge in [0, 0.05) is 44.0 Å². The third-order valence-electron chi connectivity index (χ3n) is 6.34. The normalized spacial score (nSPS) is 15.7. The maximum absolute atomic E-state index is 13.0. The number of amides is 1. The van der Waals surface area contributed by atoms with Crippen molar-refractivity contribution in [3.8, 4) is 17.0 Å². The van der Waals surface area contributed by atoms with Gasteiger partial charge < -0.3 is 20.3 Å². The van der Waals surface area contributed by atoms with Gasteiger partial charge in [0.05, 0.1) is 30.6 Å². The lowest BCUT2D eigenvalue weighted by atomic mass is 10.1. The molecule has 2 N–H and O–H groups in total. The second-order valence-electron chi connectivity index (χ2n) is 8.79. The summed E-state index contributed by atoms with van der Waals surface area (Å²) < 4.78 is 7.39. The SMILES string of the molecule is COc1c(-c2cnc(N)c(N3CCC[C@@H]3C)c2)c(CN(C)C(=O)c2ccc(C)cc2)nn1C. The van der Waals surface area contributed by atoms with E-state index in [0.717, 1.165) is 47.5 Å². The summed E-state index contributed by atoms with van der Waals surface area (Å²) in [6, 6.07) is 10.1. The van der Waals surface area contributed by atoms with E-state index in [-0.39, 0.29) is 5.91 Å². The highest BCUT2D eigenvalue weighted by Gasteiger charge is 2.26. The topological polar surface area (TPSA) is 89.5 Å². The van der Waals surface area contributed by atoms with Gasteiger partial charge in [-0.3, -0.25) is 4.79 Å². The van der Waals surface area contributed by atoms with Gasteiger partial charge in [-0.1, -0.05) is 17.7 Å². The molecule has 1 atom stereocenters. The van der Waals surface area contributed by atoms with Crippen LogP contribution < -0.4 is 15.4 Å². The van der Waals surface area contributed by atoms with E-state index >= 15 is 0 Å². The molecule has 0 spiro atoms. The number of ether oxygens (including phenoxy) is 1. The Morgan fingerprint density at radius 1 is 1.30 bits per heavy atom. The Labute approximate surface area is 195 Å². The second-order valence-corrected chi connectivity index (χ2v) is 8.79. The fourth-order valence-corrected chi connectivity index (χ4v) is 4.53. The maximum Gasteiger partial charge on any atom is 0.253 e. The van der Waals surface area contributed by atoms with E-state index in [1.165, 1.54) is 0 Å². The number of aromatic nitrogens is 3. The molecule has 3 heterocycles. The van der Waals surface area contributed by atoms with Crippen LogP contribution >= 0.6 is 0 Å². The lowest BCUT2D eigenvalue weighted by molar-refractivity contribution is 0.0783. The molecule has 1 aliphatic heterocycles. The molecular formula is C25H32N6O2. The Hall–Kier alpha value is -3.55. The summed E-state index contributed by atoms with van der Waals surface area (Å²) in [4.78, 5) is 21.5. The zero-order chi connectivity index (χ0) is 23.7. The van der Waals surface area contributed by atoms with Gasteiger partial charge >= 0.3 is 0 Å². The predicted octanol–water partition coefficient (Wildman–Crippen LogP) is 3.64. The number of hydrogen-bond donors (Lipinski definition) is 1. The Kier molecular flexibility index (Phi) is 6.26. The minimum Gasteiger partial charge on any atom is -0.481 e. The van der Waals surface area contributed by atoms with Gasteiger partial charge in [0.2, 0.25) is 5.88 Å². The second kappa shape index (κ2) is 9.13. The van der Waals surface area contributed by atoms with Crippen LogP contribution in [0, 0.1) is 6.92 Å². The Balaban J connectivity index is 1.70. The minimum atomic E-state index is -0.0624. The van der Waals surface area contributed by atoms with Crippen molar-refractivity contribution in [3.05, 3.63) is 53.3 Å². The molecule has 0 bridgehead atoms. The predicted molar refractivity (Wildman–Crippen MR) is 130 cm³/mol. The first-order chi connectivity index (χ1) is 15.8. The van der Waals surface area contributed by atoms with Gasteiger partial charge in [-0.05, 0) is 44.9 Å². The van der Waals surface area contributed by atoms with Gasteiger partial charge in [-0.2, -0.15) is 5.10 Å². The number of rotatable bonds is 6. The molecule has 174 valence electrons. The smallest absolute Gasteiger partial charge is 0.253 e. The van der Waals surface area contributed by atoms with Crippen LogP contribution in [0.4, 0.5) is 11.5 Å². The highest BCUT2D eigenvalue weighted by molar-refractivity contribution is 5.94. The molecule has 1 saturated heterocycles. The van der Waals surface area contributed by atoms with Crippen LogP contribution in [0.1, 0.15) is 41.4 Å². The average molecular weight is 449 g/mol. The quantitative estimate of drug-likeness (QED) is 0.619. The van der Waals surface area contributed by atoms with E-state index in [0.29, 0.717) is 29.8 Å². The van der Waals surface area contributed by atoms with Crippen LogP contribution in [0.2, 0.25) is 0 Å². The van der Waals surface area contributed by atoms with Crippen molar-refractivity contribution >= 4 is 17.4 Å². The number of carbonyl (C=O) groups excluding carboxylic acids is 1. The first-order valence-corrected chi connectivity index (χ1v) is 11.2.